The molecule has 2 heterocycles. The van der Waals surface area contributed by atoms with Crippen LogP contribution >= 0.6 is 0 Å². The van der Waals surface area contributed by atoms with Crippen molar-refractivity contribution in [2.24, 2.45) is 0 Å². The first-order valence-electron chi connectivity index (χ1n) is 6.38. The minimum absolute atomic E-state index is 0.154. The summed E-state index contributed by atoms with van der Waals surface area (Å²) in [6.07, 6.45) is 0.745. The van der Waals surface area contributed by atoms with Gasteiger partial charge >= 0.3 is 0 Å². The summed E-state index contributed by atoms with van der Waals surface area (Å²) in [5, 5.41) is 0.173. The molecule has 0 aliphatic carbocycles. The number of hydrogen-bond acceptors (Lipinski definition) is 4. The minimum Gasteiger partial charge on any atom is -0.371 e. The highest BCUT2D eigenvalue weighted by molar-refractivity contribution is 6.60. The number of halogens is 1. The first kappa shape index (κ1) is 15.6. The summed E-state index contributed by atoms with van der Waals surface area (Å²) in [6, 6.07) is 2.77. The number of piperidine rings is 1. The molecule has 0 unspecified atom stereocenters. The highest BCUT2D eigenvalue weighted by Crippen LogP contribution is 2.21. The smallest absolute Gasteiger partial charge is 0.268 e. The molecule has 0 aromatic carbocycles. The summed E-state index contributed by atoms with van der Waals surface area (Å²) in [7, 11) is 15.7. The van der Waals surface area contributed by atoms with Crippen LogP contribution in [0.15, 0.2) is 12.1 Å². The van der Waals surface area contributed by atoms with Crippen molar-refractivity contribution in [2.45, 2.75) is 18.1 Å². The number of carbonyl (C=O) groups excluding carboxylic acids is 2. The Morgan fingerprint density at radius 2 is 1.90 bits per heavy atom. The zero-order valence-electron chi connectivity index (χ0n) is 11.3. The third kappa shape index (κ3) is 4.09. The van der Waals surface area contributed by atoms with Gasteiger partial charge in [-0.1, -0.05) is 5.24 Å². The second kappa shape index (κ2) is 5.91. The molecule has 0 atom stereocenters. The predicted molar refractivity (Wildman–Crippen MR) is 78.1 cm³/mol. The van der Waals surface area contributed by atoms with E-state index in [1.54, 1.807) is 4.90 Å². The molecule has 1 saturated heterocycles. The van der Waals surface area contributed by atoms with Gasteiger partial charge in [0.1, 0.15) is 11.5 Å². The van der Waals surface area contributed by atoms with Crippen LogP contribution in [0.1, 0.15) is 23.3 Å². The maximum atomic E-state index is 14.0. The molecule has 1 N–H and O–H groups in total. The number of nitrogens with zero attached hydrogens (tertiary/aromatic N) is 2. The van der Waals surface area contributed by atoms with Gasteiger partial charge in [-0.05, 0) is 12.1 Å². The number of anilines is 1. The molecule has 21 heavy (non-hydrogen) atoms. The second-order valence-electron chi connectivity index (χ2n) is 4.92. The van der Waals surface area contributed by atoms with Crippen molar-refractivity contribution in [1.29, 1.82) is 0 Å². The summed E-state index contributed by atoms with van der Waals surface area (Å²) in [4.78, 5) is 28.2. The summed E-state index contributed by atoms with van der Waals surface area (Å²) in [5.74, 6) is -1.42. The van der Waals surface area contributed by atoms with E-state index in [0.29, 0.717) is 25.9 Å². The number of aromatic nitrogens is 1. The maximum absolute atomic E-state index is 14.0. The van der Waals surface area contributed by atoms with Gasteiger partial charge in [0, 0.05) is 25.9 Å². The summed E-state index contributed by atoms with van der Waals surface area (Å²) >= 11 is 0. The van der Waals surface area contributed by atoms with Crippen LogP contribution in [-0.2, 0) is 4.79 Å². The van der Waals surface area contributed by atoms with Gasteiger partial charge in [0.15, 0.2) is 0 Å². The van der Waals surface area contributed by atoms with E-state index in [1.807, 2.05) is 0 Å². The Hall–Kier alpha value is -1.79. The van der Waals surface area contributed by atoms with Crippen LogP contribution in [0.5, 0.6) is 0 Å². The van der Waals surface area contributed by atoms with Crippen LogP contribution in [0.3, 0.4) is 0 Å². The van der Waals surface area contributed by atoms with Crippen LogP contribution in [0.25, 0.3) is 0 Å². The highest BCUT2D eigenvalue weighted by Gasteiger charge is 2.22. The average molecular weight is 281 g/mol. The molecule has 1 aliphatic heterocycles. The number of hydrogen-bond donors (Lipinski definition) is 1. The van der Waals surface area contributed by atoms with Crippen molar-refractivity contribution in [1.82, 2.24) is 10.3 Å². The van der Waals surface area contributed by atoms with Crippen molar-refractivity contribution in [3.8, 4) is 0 Å². The third-order valence-corrected chi connectivity index (χ3v) is 3.05. The molecule has 0 bridgehead atoms. The SMILES string of the molecule is [B]C([B])([B])NC(=O)c1ccc(N2CCC(=O)CC2)c(F)n1. The van der Waals surface area contributed by atoms with Gasteiger partial charge in [-0.3, -0.25) is 9.59 Å². The van der Waals surface area contributed by atoms with Gasteiger partial charge in [-0.25, -0.2) is 4.98 Å². The Balaban J connectivity index is 2.14. The average Bonchev–Trinajstić information content (AvgIpc) is 2.38. The van der Waals surface area contributed by atoms with Crippen LogP contribution in [0.2, 0.25) is 0 Å². The molecule has 6 radical (unpaired) electrons. The number of rotatable bonds is 3. The van der Waals surface area contributed by atoms with E-state index >= 15 is 0 Å². The fraction of sp³-hybridized carbons (Fsp3) is 0.417. The topological polar surface area (TPSA) is 62.3 Å². The molecule has 1 fully saturated rings. The molecule has 1 amide bonds. The molecule has 1 aromatic rings. The molecule has 5 nitrogen and oxygen atoms in total. The molecule has 0 saturated carbocycles. The van der Waals surface area contributed by atoms with Gasteiger partial charge in [-0.15, -0.1) is 0 Å². The zero-order valence-corrected chi connectivity index (χ0v) is 11.3. The van der Waals surface area contributed by atoms with Gasteiger partial charge < -0.3 is 10.2 Å². The monoisotopic (exact) mass is 281 g/mol. The van der Waals surface area contributed by atoms with Crippen molar-refractivity contribution in [3.63, 3.8) is 0 Å². The van der Waals surface area contributed by atoms with Gasteiger partial charge in [-0.2, -0.15) is 4.39 Å². The second-order valence-corrected chi connectivity index (χ2v) is 4.92. The lowest BCUT2D eigenvalue weighted by Gasteiger charge is -2.28. The van der Waals surface area contributed by atoms with E-state index < -0.39 is 17.1 Å². The van der Waals surface area contributed by atoms with Gasteiger partial charge in [0.25, 0.3) is 5.91 Å². The highest BCUT2D eigenvalue weighted by atomic mass is 19.1. The standard InChI is InChI=1S/C12H11B3FN3O2/c13-12(14,15)18-11(21)8-1-2-9(10(16)17-8)19-5-3-7(20)4-6-19/h1-2H,3-6H2,(H,18,21). The lowest BCUT2D eigenvalue weighted by molar-refractivity contribution is -0.119. The number of carbonyl (C=O) groups is 2. The lowest BCUT2D eigenvalue weighted by atomic mass is 9.49. The first-order chi connectivity index (χ1) is 9.76. The van der Waals surface area contributed by atoms with E-state index in [9.17, 15) is 14.0 Å². The normalized spacial score (nSPS) is 15.9. The predicted octanol–water partition coefficient (Wildman–Crippen LogP) is -0.763. The van der Waals surface area contributed by atoms with Gasteiger partial charge in [0.2, 0.25) is 5.95 Å². The van der Waals surface area contributed by atoms with E-state index in [0.717, 1.165) is 0 Å². The van der Waals surface area contributed by atoms with Crippen LogP contribution in [0.4, 0.5) is 10.1 Å². The molecule has 0 spiro atoms. The fourth-order valence-corrected chi connectivity index (χ4v) is 2.05. The Labute approximate surface area is 125 Å². The van der Waals surface area contributed by atoms with E-state index in [-0.39, 0.29) is 17.2 Å². The number of Topliss-reactive ketones (excluding diaryl/α,β-unsaturated/α-hetero) is 1. The van der Waals surface area contributed by atoms with Crippen molar-refractivity contribution in [2.75, 3.05) is 18.0 Å². The van der Waals surface area contributed by atoms with Crippen molar-refractivity contribution in [3.05, 3.63) is 23.8 Å². The molecule has 9 heteroatoms. The summed E-state index contributed by atoms with van der Waals surface area (Å²) in [6.45, 7) is 0.862. The van der Waals surface area contributed by atoms with Crippen molar-refractivity contribution >= 4 is 40.9 Å². The Bertz CT molecular complexity index is 567. The molecule has 1 aromatic heterocycles. The number of amides is 1. The van der Waals surface area contributed by atoms with Crippen LogP contribution < -0.4 is 10.2 Å². The maximum Gasteiger partial charge on any atom is 0.268 e. The van der Waals surface area contributed by atoms with Crippen LogP contribution in [0, 0.1) is 5.95 Å². The lowest BCUT2D eigenvalue weighted by Crippen LogP contribution is -2.50. The van der Waals surface area contributed by atoms with Gasteiger partial charge in [0.05, 0.1) is 29.2 Å². The zero-order chi connectivity index (χ0) is 15.6. The van der Waals surface area contributed by atoms with Crippen molar-refractivity contribution < 1.29 is 14.0 Å². The number of ketones is 1. The third-order valence-electron chi connectivity index (χ3n) is 3.05. The molecule has 1 aliphatic rings. The number of nitrogens with one attached hydrogen (secondary N) is 1. The molecular formula is C12H11B3FN3O2. The van der Waals surface area contributed by atoms with Crippen LogP contribution in [-0.4, -0.2) is 58.5 Å². The Morgan fingerprint density at radius 1 is 1.29 bits per heavy atom. The minimum atomic E-state index is -1.90. The number of pyridine rings is 1. The Morgan fingerprint density at radius 3 is 2.43 bits per heavy atom. The molecule has 102 valence electrons. The van der Waals surface area contributed by atoms with E-state index in [2.05, 4.69) is 10.3 Å². The molecular weight excluding hydrogens is 270 g/mol. The summed E-state index contributed by atoms with van der Waals surface area (Å²) < 4.78 is 14.0. The largest absolute Gasteiger partial charge is 0.371 e. The summed E-state index contributed by atoms with van der Waals surface area (Å²) in [5.41, 5.74) is 0.0635. The van der Waals surface area contributed by atoms with E-state index in [4.69, 9.17) is 23.5 Å². The fourth-order valence-electron chi connectivity index (χ4n) is 2.05. The quantitative estimate of drug-likeness (QED) is 0.584. The molecule has 2 rings (SSSR count). The van der Waals surface area contributed by atoms with E-state index in [1.165, 1.54) is 12.1 Å². The Kier molecular flexibility index (Phi) is 4.39. The first-order valence-corrected chi connectivity index (χ1v) is 6.38.